The van der Waals surface area contributed by atoms with Crippen LogP contribution in [-0.4, -0.2) is 21.3 Å². The second kappa shape index (κ2) is 5.43. The first-order valence-corrected chi connectivity index (χ1v) is 7.19. The third-order valence-corrected chi connectivity index (χ3v) is 3.94. The molecule has 1 aromatic heterocycles. The summed E-state index contributed by atoms with van der Waals surface area (Å²) in [5, 5.41) is 21.4. The Morgan fingerprint density at radius 2 is 2.00 bits per heavy atom. The highest BCUT2D eigenvalue weighted by atomic mass is 15.3. The van der Waals surface area contributed by atoms with Gasteiger partial charge in [0.25, 0.3) is 0 Å². The number of fused-ring (bicyclic) bond motifs is 1. The number of allylic oxidation sites excluding steroid dienone is 2. The molecule has 1 N–H and O–H groups in total. The van der Waals surface area contributed by atoms with Crippen molar-refractivity contribution in [2.45, 2.75) is 51.5 Å². The number of hydrogen-bond donors (Lipinski definition) is 1. The van der Waals surface area contributed by atoms with Gasteiger partial charge in [-0.05, 0) is 32.1 Å². The Hall–Kier alpha value is -1.83. The van der Waals surface area contributed by atoms with E-state index in [1.54, 1.807) is 0 Å². The Bertz CT molecular complexity index is 527. The molecule has 100 valence electrons. The maximum absolute atomic E-state index is 9.49. The molecule has 0 spiro atoms. The van der Waals surface area contributed by atoms with Gasteiger partial charge in [0.15, 0.2) is 5.82 Å². The van der Waals surface area contributed by atoms with E-state index in [0.717, 1.165) is 56.1 Å². The quantitative estimate of drug-likeness (QED) is 0.781. The Balaban J connectivity index is 2.00. The fraction of sp³-hybridized carbons (Fsp3) is 0.643. The zero-order chi connectivity index (χ0) is 13.1. The summed E-state index contributed by atoms with van der Waals surface area (Å²) in [5.41, 5.74) is 1.74. The van der Waals surface area contributed by atoms with Crippen LogP contribution in [0.25, 0.3) is 5.57 Å². The molecule has 2 aliphatic rings. The summed E-state index contributed by atoms with van der Waals surface area (Å²) >= 11 is 0. The molecule has 5 heteroatoms. The number of rotatable bonds is 1. The monoisotopic (exact) mass is 257 g/mol. The van der Waals surface area contributed by atoms with Crippen molar-refractivity contribution in [3.05, 3.63) is 17.3 Å². The van der Waals surface area contributed by atoms with E-state index in [-0.39, 0.29) is 0 Å². The Morgan fingerprint density at radius 1 is 1.11 bits per heavy atom. The van der Waals surface area contributed by atoms with E-state index < -0.39 is 0 Å². The van der Waals surface area contributed by atoms with Crippen molar-refractivity contribution in [1.82, 2.24) is 20.1 Å². The second-order valence-corrected chi connectivity index (χ2v) is 5.25. The van der Waals surface area contributed by atoms with Crippen LogP contribution in [0.15, 0.2) is 5.70 Å². The Labute approximate surface area is 113 Å². The lowest BCUT2D eigenvalue weighted by atomic mass is 10.0. The average molecular weight is 257 g/mol. The summed E-state index contributed by atoms with van der Waals surface area (Å²) in [6.45, 7) is 1.90. The van der Waals surface area contributed by atoms with E-state index in [2.05, 4.69) is 26.2 Å². The molecule has 0 atom stereocenters. The number of nitriles is 1. The van der Waals surface area contributed by atoms with Crippen molar-refractivity contribution in [2.75, 3.05) is 6.54 Å². The van der Waals surface area contributed by atoms with Gasteiger partial charge in [-0.1, -0.05) is 6.42 Å². The molecule has 0 amide bonds. The van der Waals surface area contributed by atoms with Crippen LogP contribution in [0.5, 0.6) is 0 Å². The molecule has 0 bridgehead atoms. The summed E-state index contributed by atoms with van der Waals surface area (Å²) in [7, 11) is 0. The molecule has 3 rings (SSSR count). The maximum Gasteiger partial charge on any atom is 0.176 e. The van der Waals surface area contributed by atoms with Gasteiger partial charge in [0.05, 0.1) is 0 Å². The van der Waals surface area contributed by atoms with Gasteiger partial charge in [-0.25, -0.2) is 0 Å². The van der Waals surface area contributed by atoms with Crippen LogP contribution in [0.2, 0.25) is 0 Å². The molecule has 0 saturated carbocycles. The normalized spacial score (nSPS) is 21.8. The van der Waals surface area contributed by atoms with Crippen LogP contribution >= 0.6 is 0 Å². The smallest absolute Gasteiger partial charge is 0.176 e. The molecule has 1 fully saturated rings. The highest BCUT2D eigenvalue weighted by Crippen LogP contribution is 2.24. The Kier molecular flexibility index (Phi) is 3.49. The number of nitrogens with zero attached hydrogens (tertiary/aromatic N) is 4. The third-order valence-electron chi connectivity index (χ3n) is 3.94. The molecule has 5 nitrogen and oxygen atoms in total. The first kappa shape index (κ1) is 12.2. The number of piperidine rings is 1. The lowest BCUT2D eigenvalue weighted by molar-refractivity contribution is 0.587. The van der Waals surface area contributed by atoms with Crippen molar-refractivity contribution in [3.63, 3.8) is 0 Å². The van der Waals surface area contributed by atoms with E-state index in [4.69, 9.17) is 0 Å². The second-order valence-electron chi connectivity index (χ2n) is 5.25. The minimum absolute atomic E-state index is 0.695. The summed E-state index contributed by atoms with van der Waals surface area (Å²) in [6.07, 6.45) is 7.82. The van der Waals surface area contributed by atoms with Gasteiger partial charge in [-0.3, -0.25) is 0 Å². The lowest BCUT2D eigenvalue weighted by Crippen LogP contribution is -2.22. The van der Waals surface area contributed by atoms with Crippen molar-refractivity contribution < 1.29 is 0 Å². The molecule has 2 aliphatic heterocycles. The van der Waals surface area contributed by atoms with Crippen LogP contribution in [0.1, 0.15) is 50.2 Å². The van der Waals surface area contributed by atoms with Crippen molar-refractivity contribution in [3.8, 4) is 6.07 Å². The summed E-state index contributed by atoms with van der Waals surface area (Å²) in [4.78, 5) is 0. The van der Waals surface area contributed by atoms with Crippen LogP contribution in [0, 0.1) is 11.3 Å². The zero-order valence-electron chi connectivity index (χ0n) is 11.2. The predicted octanol–water partition coefficient (Wildman–Crippen LogP) is 2.01. The Morgan fingerprint density at radius 3 is 2.79 bits per heavy atom. The van der Waals surface area contributed by atoms with E-state index in [0.29, 0.717) is 5.57 Å². The van der Waals surface area contributed by atoms with Crippen molar-refractivity contribution >= 4 is 5.57 Å². The summed E-state index contributed by atoms with van der Waals surface area (Å²) in [6, 6.07) is 2.34. The third kappa shape index (κ3) is 2.35. The van der Waals surface area contributed by atoms with Gasteiger partial charge in [-0.15, -0.1) is 10.2 Å². The maximum atomic E-state index is 9.49. The van der Waals surface area contributed by atoms with Crippen LogP contribution in [0.4, 0.5) is 0 Å². The van der Waals surface area contributed by atoms with Crippen molar-refractivity contribution in [1.29, 1.82) is 5.26 Å². The minimum atomic E-state index is 0.695. The number of aryl methyl sites for hydroxylation is 1. The van der Waals surface area contributed by atoms with Gasteiger partial charge >= 0.3 is 0 Å². The van der Waals surface area contributed by atoms with Gasteiger partial charge in [-0.2, -0.15) is 5.26 Å². The molecular weight excluding hydrogens is 238 g/mol. The average Bonchev–Trinajstić information content (AvgIpc) is 2.71. The van der Waals surface area contributed by atoms with Gasteiger partial charge in [0.1, 0.15) is 17.5 Å². The molecule has 0 unspecified atom stereocenters. The molecule has 0 aromatic carbocycles. The van der Waals surface area contributed by atoms with Gasteiger partial charge in [0.2, 0.25) is 0 Å². The molecule has 19 heavy (non-hydrogen) atoms. The van der Waals surface area contributed by atoms with Gasteiger partial charge < -0.3 is 9.88 Å². The van der Waals surface area contributed by atoms with Crippen LogP contribution in [-0.2, 0) is 13.0 Å². The van der Waals surface area contributed by atoms with Gasteiger partial charge in [0, 0.05) is 25.2 Å². The topological polar surface area (TPSA) is 66.5 Å². The highest BCUT2D eigenvalue weighted by Gasteiger charge is 2.21. The largest absolute Gasteiger partial charge is 0.387 e. The SMILES string of the molecule is N#C/C(=C1/CCCCN1)c1nnc2n1CCCCC2. The highest BCUT2D eigenvalue weighted by molar-refractivity contribution is 5.75. The van der Waals surface area contributed by atoms with E-state index in [1.165, 1.54) is 19.3 Å². The fourth-order valence-corrected chi connectivity index (χ4v) is 2.89. The standard InChI is InChI=1S/C14H19N5/c15-10-11(12-6-3-4-8-16-12)14-18-17-13-7-2-1-5-9-19(13)14/h16H,1-9H2/b12-11+. The summed E-state index contributed by atoms with van der Waals surface area (Å²) in [5.74, 6) is 1.81. The summed E-state index contributed by atoms with van der Waals surface area (Å²) < 4.78 is 2.15. The number of nitrogens with one attached hydrogen (secondary N) is 1. The lowest BCUT2D eigenvalue weighted by Gasteiger charge is -2.18. The van der Waals surface area contributed by atoms with E-state index in [1.807, 2.05) is 0 Å². The first-order valence-electron chi connectivity index (χ1n) is 7.19. The van der Waals surface area contributed by atoms with Crippen molar-refractivity contribution in [2.24, 2.45) is 0 Å². The fourth-order valence-electron chi connectivity index (χ4n) is 2.89. The molecule has 1 saturated heterocycles. The first-order chi connectivity index (χ1) is 9.40. The number of hydrogen-bond acceptors (Lipinski definition) is 4. The molecule has 3 heterocycles. The van der Waals surface area contributed by atoms with E-state index in [9.17, 15) is 5.26 Å². The van der Waals surface area contributed by atoms with Crippen LogP contribution < -0.4 is 5.32 Å². The molecule has 0 aliphatic carbocycles. The minimum Gasteiger partial charge on any atom is -0.387 e. The molecular formula is C14H19N5. The zero-order valence-corrected chi connectivity index (χ0v) is 11.2. The molecule has 1 aromatic rings. The number of aromatic nitrogens is 3. The molecule has 0 radical (unpaired) electrons. The van der Waals surface area contributed by atoms with E-state index >= 15 is 0 Å². The van der Waals surface area contributed by atoms with Crippen LogP contribution in [0.3, 0.4) is 0 Å². The predicted molar refractivity (Wildman–Crippen MR) is 72.0 cm³/mol.